The molecule has 6 heteroatoms. The number of benzene rings is 1. The van der Waals surface area contributed by atoms with Crippen molar-refractivity contribution in [2.45, 2.75) is 43.5 Å². The van der Waals surface area contributed by atoms with Gasteiger partial charge in [0, 0.05) is 24.9 Å². The van der Waals surface area contributed by atoms with Crippen molar-refractivity contribution in [3.8, 4) is 0 Å². The first kappa shape index (κ1) is 15.3. The van der Waals surface area contributed by atoms with E-state index in [0.717, 1.165) is 19.3 Å². The molecule has 1 fully saturated rings. The predicted molar refractivity (Wildman–Crippen MR) is 78.8 cm³/mol. The summed E-state index contributed by atoms with van der Waals surface area (Å²) < 4.78 is 27.2. The molecule has 0 radical (unpaired) electrons. The molecule has 0 saturated heterocycles. The van der Waals surface area contributed by atoms with E-state index in [4.69, 9.17) is 10.8 Å². The first-order valence-electron chi connectivity index (χ1n) is 6.96. The SMILES string of the molecule is Cc1c(N)cccc1S(=O)(=O)N(CCCO)C1CCC1. The minimum absolute atomic E-state index is 0.00531. The highest BCUT2D eigenvalue weighted by Gasteiger charge is 2.35. The van der Waals surface area contributed by atoms with Crippen LogP contribution in [0.1, 0.15) is 31.2 Å². The van der Waals surface area contributed by atoms with Gasteiger partial charge in [-0.05, 0) is 43.9 Å². The number of sulfonamides is 1. The molecule has 1 aliphatic carbocycles. The molecule has 0 bridgehead atoms. The van der Waals surface area contributed by atoms with Gasteiger partial charge in [-0.25, -0.2) is 8.42 Å². The second kappa shape index (κ2) is 6.11. The maximum atomic E-state index is 12.8. The molecule has 3 N–H and O–H groups in total. The van der Waals surface area contributed by atoms with Gasteiger partial charge in [-0.3, -0.25) is 0 Å². The number of hydrogen-bond donors (Lipinski definition) is 2. The van der Waals surface area contributed by atoms with Crippen LogP contribution in [0.25, 0.3) is 0 Å². The molecule has 0 unspecified atom stereocenters. The number of nitrogen functional groups attached to an aromatic ring is 1. The van der Waals surface area contributed by atoms with Crippen LogP contribution in [0.3, 0.4) is 0 Å². The van der Waals surface area contributed by atoms with Gasteiger partial charge in [-0.1, -0.05) is 12.5 Å². The lowest BCUT2D eigenvalue weighted by atomic mass is 9.93. The summed E-state index contributed by atoms with van der Waals surface area (Å²) in [6, 6.07) is 5.04. The molecular formula is C14H22N2O3S. The maximum Gasteiger partial charge on any atom is 0.243 e. The average Bonchev–Trinajstić information content (AvgIpc) is 2.35. The van der Waals surface area contributed by atoms with Crippen molar-refractivity contribution >= 4 is 15.7 Å². The summed E-state index contributed by atoms with van der Waals surface area (Å²) in [4.78, 5) is 0.280. The fourth-order valence-electron chi connectivity index (χ4n) is 2.44. The first-order valence-corrected chi connectivity index (χ1v) is 8.40. The van der Waals surface area contributed by atoms with Gasteiger partial charge in [0.15, 0.2) is 0 Å². The van der Waals surface area contributed by atoms with Crippen LogP contribution in [0.4, 0.5) is 5.69 Å². The second-order valence-electron chi connectivity index (χ2n) is 5.25. The summed E-state index contributed by atoms with van der Waals surface area (Å²) in [5, 5.41) is 8.98. The third-order valence-corrected chi connectivity index (χ3v) is 6.03. The molecule has 1 aromatic carbocycles. The van der Waals surface area contributed by atoms with E-state index in [-0.39, 0.29) is 17.5 Å². The smallest absolute Gasteiger partial charge is 0.243 e. The van der Waals surface area contributed by atoms with Gasteiger partial charge in [0.2, 0.25) is 10.0 Å². The van der Waals surface area contributed by atoms with E-state index in [1.165, 1.54) is 4.31 Å². The fraction of sp³-hybridized carbons (Fsp3) is 0.571. The molecule has 2 rings (SSSR count). The zero-order chi connectivity index (χ0) is 14.8. The first-order chi connectivity index (χ1) is 9.48. The van der Waals surface area contributed by atoms with Gasteiger partial charge in [0.25, 0.3) is 0 Å². The Morgan fingerprint density at radius 2 is 2.10 bits per heavy atom. The van der Waals surface area contributed by atoms with Crippen molar-refractivity contribution in [2.24, 2.45) is 0 Å². The zero-order valence-electron chi connectivity index (χ0n) is 11.7. The molecule has 112 valence electrons. The highest BCUT2D eigenvalue weighted by atomic mass is 32.2. The van der Waals surface area contributed by atoms with Gasteiger partial charge in [-0.15, -0.1) is 0 Å². The summed E-state index contributed by atoms with van der Waals surface area (Å²) in [5.74, 6) is 0. The van der Waals surface area contributed by atoms with E-state index in [2.05, 4.69) is 0 Å². The molecule has 1 saturated carbocycles. The van der Waals surface area contributed by atoms with Crippen molar-refractivity contribution < 1.29 is 13.5 Å². The summed E-state index contributed by atoms with van der Waals surface area (Å²) >= 11 is 0. The molecule has 0 aliphatic heterocycles. The Hall–Kier alpha value is -1.11. The van der Waals surface area contributed by atoms with Crippen LogP contribution in [0.2, 0.25) is 0 Å². The summed E-state index contributed by atoms with van der Waals surface area (Å²) in [6.45, 7) is 2.08. The lowest BCUT2D eigenvalue weighted by Gasteiger charge is -2.36. The Morgan fingerprint density at radius 1 is 1.40 bits per heavy atom. The maximum absolute atomic E-state index is 12.8. The Morgan fingerprint density at radius 3 is 2.65 bits per heavy atom. The molecule has 0 atom stereocenters. The minimum atomic E-state index is -3.54. The normalized spacial score (nSPS) is 16.4. The molecule has 20 heavy (non-hydrogen) atoms. The Labute approximate surface area is 120 Å². The van der Waals surface area contributed by atoms with Gasteiger partial charge in [0.05, 0.1) is 4.90 Å². The Balaban J connectivity index is 2.36. The Bertz CT molecular complexity index is 568. The van der Waals surface area contributed by atoms with Crippen LogP contribution in [-0.2, 0) is 10.0 Å². The third-order valence-electron chi connectivity index (χ3n) is 3.93. The summed E-state index contributed by atoms with van der Waals surface area (Å²) in [5.41, 5.74) is 6.90. The van der Waals surface area contributed by atoms with E-state index in [1.807, 2.05) is 0 Å². The number of hydrogen-bond acceptors (Lipinski definition) is 4. The molecule has 1 aliphatic rings. The van der Waals surface area contributed by atoms with Crippen molar-refractivity contribution in [1.29, 1.82) is 0 Å². The molecular weight excluding hydrogens is 276 g/mol. The van der Waals surface area contributed by atoms with E-state index in [9.17, 15) is 8.42 Å². The second-order valence-corrected chi connectivity index (χ2v) is 7.11. The summed E-state index contributed by atoms with van der Waals surface area (Å²) in [7, 11) is -3.54. The van der Waals surface area contributed by atoms with E-state index in [0.29, 0.717) is 24.2 Å². The standard InChI is InChI=1S/C14H22N2O3S/c1-11-13(15)7-3-8-14(11)20(18,19)16(9-4-10-17)12-5-2-6-12/h3,7-8,12,17H,2,4-6,9-10,15H2,1H3. The highest BCUT2D eigenvalue weighted by Crippen LogP contribution is 2.32. The van der Waals surface area contributed by atoms with Crippen LogP contribution >= 0.6 is 0 Å². The third kappa shape index (κ3) is 2.82. The number of aliphatic hydroxyl groups excluding tert-OH is 1. The Kier molecular flexibility index (Phi) is 4.67. The van der Waals surface area contributed by atoms with Crippen molar-refractivity contribution in [3.63, 3.8) is 0 Å². The quantitative estimate of drug-likeness (QED) is 0.780. The monoisotopic (exact) mass is 298 g/mol. The number of anilines is 1. The van der Waals surface area contributed by atoms with Gasteiger partial charge in [-0.2, -0.15) is 4.31 Å². The predicted octanol–water partition coefficient (Wildman–Crippen LogP) is 1.50. The van der Waals surface area contributed by atoms with E-state index < -0.39 is 10.0 Å². The van der Waals surface area contributed by atoms with Crippen molar-refractivity contribution in [2.75, 3.05) is 18.9 Å². The van der Waals surface area contributed by atoms with Gasteiger partial charge < -0.3 is 10.8 Å². The fourth-order valence-corrected chi connectivity index (χ4v) is 4.42. The zero-order valence-corrected chi connectivity index (χ0v) is 12.6. The topological polar surface area (TPSA) is 83.6 Å². The molecule has 5 nitrogen and oxygen atoms in total. The molecule has 0 heterocycles. The highest BCUT2D eigenvalue weighted by molar-refractivity contribution is 7.89. The van der Waals surface area contributed by atoms with Crippen LogP contribution in [0.5, 0.6) is 0 Å². The van der Waals surface area contributed by atoms with Gasteiger partial charge >= 0.3 is 0 Å². The molecule has 0 spiro atoms. The van der Waals surface area contributed by atoms with E-state index >= 15 is 0 Å². The number of rotatable bonds is 6. The number of aliphatic hydroxyl groups is 1. The van der Waals surface area contributed by atoms with Gasteiger partial charge in [0.1, 0.15) is 0 Å². The van der Waals surface area contributed by atoms with Crippen molar-refractivity contribution in [1.82, 2.24) is 4.31 Å². The molecule has 1 aromatic rings. The molecule has 0 aromatic heterocycles. The van der Waals surface area contributed by atoms with Crippen LogP contribution in [0, 0.1) is 6.92 Å². The summed E-state index contributed by atoms with van der Waals surface area (Å²) in [6.07, 6.45) is 3.31. The number of nitrogens with two attached hydrogens (primary N) is 1. The largest absolute Gasteiger partial charge is 0.398 e. The van der Waals surface area contributed by atoms with Crippen LogP contribution in [-0.4, -0.2) is 37.0 Å². The van der Waals surface area contributed by atoms with Crippen LogP contribution in [0.15, 0.2) is 23.1 Å². The van der Waals surface area contributed by atoms with Crippen LogP contribution < -0.4 is 5.73 Å². The average molecular weight is 298 g/mol. The number of nitrogens with zero attached hydrogens (tertiary/aromatic N) is 1. The lowest BCUT2D eigenvalue weighted by Crippen LogP contribution is -2.45. The molecule has 0 amide bonds. The van der Waals surface area contributed by atoms with Crippen molar-refractivity contribution in [3.05, 3.63) is 23.8 Å². The minimum Gasteiger partial charge on any atom is -0.398 e. The lowest BCUT2D eigenvalue weighted by molar-refractivity contribution is 0.198. The van der Waals surface area contributed by atoms with E-state index in [1.54, 1.807) is 25.1 Å².